The Kier molecular flexibility index (Phi) is 4.47. The number of hydrogen-bond donors (Lipinski definition) is 3. The van der Waals surface area contributed by atoms with Crippen LogP contribution in [0.25, 0.3) is 0 Å². The summed E-state index contributed by atoms with van der Waals surface area (Å²) in [5.41, 5.74) is 0.619. The molecule has 0 bridgehead atoms. The number of carboxylic acids is 1. The monoisotopic (exact) mass is 223 g/mol. The molecule has 1 amide bonds. The molecule has 0 radical (unpaired) electrons. The van der Waals surface area contributed by atoms with E-state index in [1.807, 2.05) is 0 Å². The molecule has 0 heterocycles. The number of carbonyl (C=O) groups is 2. The maximum atomic E-state index is 11.0. The zero-order valence-corrected chi connectivity index (χ0v) is 8.59. The second kappa shape index (κ2) is 5.87. The fraction of sp³-hybridized carbons (Fsp3) is 0.273. The SMILES string of the molecule is O=C(CO)NCC(C(=O)O)c1ccccc1. The Balaban J connectivity index is 2.69. The lowest BCUT2D eigenvalue weighted by Gasteiger charge is -2.13. The number of aliphatic hydroxyl groups is 1. The van der Waals surface area contributed by atoms with Gasteiger partial charge >= 0.3 is 5.97 Å². The molecule has 1 unspecified atom stereocenters. The van der Waals surface area contributed by atoms with Gasteiger partial charge in [-0.25, -0.2) is 0 Å². The molecular formula is C11H13NO4. The fourth-order valence-electron chi connectivity index (χ4n) is 1.30. The van der Waals surface area contributed by atoms with Gasteiger partial charge in [0.25, 0.3) is 0 Å². The number of nitrogens with one attached hydrogen (secondary N) is 1. The smallest absolute Gasteiger partial charge is 0.312 e. The minimum Gasteiger partial charge on any atom is -0.481 e. The van der Waals surface area contributed by atoms with Gasteiger partial charge in [0.15, 0.2) is 0 Å². The van der Waals surface area contributed by atoms with Gasteiger partial charge in [-0.15, -0.1) is 0 Å². The molecule has 0 saturated heterocycles. The van der Waals surface area contributed by atoms with Crippen LogP contribution >= 0.6 is 0 Å². The van der Waals surface area contributed by atoms with Gasteiger partial charge in [-0.05, 0) is 5.56 Å². The molecule has 0 saturated carbocycles. The third-order valence-electron chi connectivity index (χ3n) is 2.15. The van der Waals surface area contributed by atoms with Gasteiger partial charge in [-0.1, -0.05) is 30.3 Å². The van der Waals surface area contributed by atoms with Gasteiger partial charge in [0.1, 0.15) is 6.61 Å². The second-order valence-corrected chi connectivity index (χ2v) is 3.26. The van der Waals surface area contributed by atoms with Crippen LogP contribution in [0.1, 0.15) is 11.5 Å². The Morgan fingerprint density at radius 1 is 1.25 bits per heavy atom. The van der Waals surface area contributed by atoms with E-state index >= 15 is 0 Å². The van der Waals surface area contributed by atoms with Crippen molar-refractivity contribution in [2.24, 2.45) is 0 Å². The van der Waals surface area contributed by atoms with Crippen molar-refractivity contribution in [3.63, 3.8) is 0 Å². The molecule has 16 heavy (non-hydrogen) atoms. The van der Waals surface area contributed by atoms with Crippen LogP contribution in [-0.2, 0) is 9.59 Å². The van der Waals surface area contributed by atoms with Crippen LogP contribution in [0, 0.1) is 0 Å². The van der Waals surface area contributed by atoms with Gasteiger partial charge in [0, 0.05) is 6.54 Å². The first-order valence-electron chi connectivity index (χ1n) is 4.80. The van der Waals surface area contributed by atoms with E-state index in [9.17, 15) is 9.59 Å². The van der Waals surface area contributed by atoms with Crippen LogP contribution in [0.4, 0.5) is 0 Å². The largest absolute Gasteiger partial charge is 0.481 e. The Bertz CT molecular complexity index is 364. The average Bonchev–Trinajstić information content (AvgIpc) is 2.30. The summed E-state index contributed by atoms with van der Waals surface area (Å²) in [5, 5.41) is 19.8. The normalized spacial score (nSPS) is 11.8. The Morgan fingerprint density at radius 2 is 1.88 bits per heavy atom. The Morgan fingerprint density at radius 3 is 2.38 bits per heavy atom. The van der Waals surface area contributed by atoms with Crippen LogP contribution in [-0.4, -0.2) is 35.2 Å². The van der Waals surface area contributed by atoms with E-state index in [0.29, 0.717) is 5.56 Å². The van der Waals surface area contributed by atoms with Crippen molar-refractivity contribution in [1.82, 2.24) is 5.32 Å². The van der Waals surface area contributed by atoms with Crippen LogP contribution in [0.5, 0.6) is 0 Å². The molecule has 1 rings (SSSR count). The topological polar surface area (TPSA) is 86.6 Å². The minimum atomic E-state index is -1.01. The molecule has 0 aliphatic carbocycles. The van der Waals surface area contributed by atoms with Gasteiger partial charge < -0.3 is 15.5 Å². The van der Waals surface area contributed by atoms with Gasteiger partial charge in [-0.3, -0.25) is 9.59 Å². The van der Waals surface area contributed by atoms with Gasteiger partial charge in [0.05, 0.1) is 5.92 Å². The number of carbonyl (C=O) groups excluding carboxylic acids is 1. The zero-order valence-electron chi connectivity index (χ0n) is 8.59. The molecule has 0 fully saturated rings. The van der Waals surface area contributed by atoms with E-state index in [1.54, 1.807) is 30.3 Å². The highest BCUT2D eigenvalue weighted by Crippen LogP contribution is 2.14. The van der Waals surface area contributed by atoms with E-state index in [0.717, 1.165) is 0 Å². The summed E-state index contributed by atoms with van der Waals surface area (Å²) in [4.78, 5) is 21.8. The van der Waals surface area contributed by atoms with Crippen molar-refractivity contribution in [2.75, 3.05) is 13.2 Å². The van der Waals surface area contributed by atoms with Crippen molar-refractivity contribution in [1.29, 1.82) is 0 Å². The zero-order chi connectivity index (χ0) is 12.0. The maximum Gasteiger partial charge on any atom is 0.312 e. The number of rotatable bonds is 5. The molecule has 1 aromatic rings. The van der Waals surface area contributed by atoms with Gasteiger partial charge in [0.2, 0.25) is 5.91 Å². The summed E-state index contributed by atoms with van der Waals surface area (Å²) < 4.78 is 0. The molecule has 1 atom stereocenters. The first-order chi connectivity index (χ1) is 7.65. The highest BCUT2D eigenvalue weighted by Gasteiger charge is 2.19. The summed E-state index contributed by atoms with van der Waals surface area (Å²) in [7, 11) is 0. The molecule has 0 aliphatic heterocycles. The summed E-state index contributed by atoms with van der Waals surface area (Å²) >= 11 is 0. The van der Waals surface area contributed by atoms with Crippen molar-refractivity contribution >= 4 is 11.9 Å². The molecule has 86 valence electrons. The van der Waals surface area contributed by atoms with Crippen molar-refractivity contribution in [3.8, 4) is 0 Å². The molecule has 0 aromatic heterocycles. The number of carboxylic acid groups (broad SMARTS) is 1. The summed E-state index contributed by atoms with van der Waals surface area (Å²) in [6.07, 6.45) is 0. The summed E-state index contributed by atoms with van der Waals surface area (Å²) in [6.45, 7) is -0.667. The first-order valence-corrected chi connectivity index (χ1v) is 4.80. The number of aliphatic carboxylic acids is 1. The standard InChI is InChI=1S/C11H13NO4/c13-7-10(14)12-6-9(11(15)16)8-4-2-1-3-5-8/h1-5,9,13H,6-7H2,(H,12,14)(H,15,16). The van der Waals surface area contributed by atoms with E-state index in [-0.39, 0.29) is 6.54 Å². The third kappa shape index (κ3) is 3.36. The summed E-state index contributed by atoms with van der Waals surface area (Å²) in [5.74, 6) is -2.39. The number of aliphatic hydroxyl groups excluding tert-OH is 1. The van der Waals surface area contributed by atoms with Crippen LogP contribution in [0.15, 0.2) is 30.3 Å². The minimum absolute atomic E-state index is 0.0290. The van der Waals surface area contributed by atoms with Crippen LogP contribution in [0.3, 0.4) is 0 Å². The highest BCUT2D eigenvalue weighted by molar-refractivity contribution is 5.80. The van der Waals surface area contributed by atoms with Crippen LogP contribution in [0.2, 0.25) is 0 Å². The van der Waals surface area contributed by atoms with Crippen molar-refractivity contribution in [2.45, 2.75) is 5.92 Å². The van der Waals surface area contributed by atoms with E-state index in [2.05, 4.69) is 5.32 Å². The fourth-order valence-corrected chi connectivity index (χ4v) is 1.30. The quantitative estimate of drug-likeness (QED) is 0.654. The van der Waals surface area contributed by atoms with E-state index in [1.165, 1.54) is 0 Å². The Labute approximate surface area is 92.7 Å². The van der Waals surface area contributed by atoms with E-state index < -0.39 is 24.4 Å². The highest BCUT2D eigenvalue weighted by atomic mass is 16.4. The molecule has 5 nitrogen and oxygen atoms in total. The lowest BCUT2D eigenvalue weighted by atomic mass is 9.99. The number of amides is 1. The predicted molar refractivity (Wildman–Crippen MR) is 56.9 cm³/mol. The third-order valence-corrected chi connectivity index (χ3v) is 2.15. The lowest BCUT2D eigenvalue weighted by Crippen LogP contribution is -2.33. The second-order valence-electron chi connectivity index (χ2n) is 3.26. The van der Waals surface area contributed by atoms with Crippen molar-refractivity contribution < 1.29 is 19.8 Å². The predicted octanol–water partition coefficient (Wildman–Crippen LogP) is -0.0367. The lowest BCUT2D eigenvalue weighted by molar-refractivity contribution is -0.138. The molecule has 1 aromatic carbocycles. The van der Waals surface area contributed by atoms with E-state index in [4.69, 9.17) is 10.2 Å². The average molecular weight is 223 g/mol. The number of benzene rings is 1. The molecule has 3 N–H and O–H groups in total. The maximum absolute atomic E-state index is 11.0. The molecule has 5 heteroatoms. The van der Waals surface area contributed by atoms with Crippen molar-refractivity contribution in [3.05, 3.63) is 35.9 Å². The van der Waals surface area contributed by atoms with Gasteiger partial charge in [-0.2, -0.15) is 0 Å². The number of hydrogen-bond acceptors (Lipinski definition) is 3. The Hall–Kier alpha value is -1.88. The summed E-state index contributed by atoms with van der Waals surface area (Å²) in [6, 6.07) is 8.63. The first kappa shape index (κ1) is 12.2. The molecular weight excluding hydrogens is 210 g/mol. The molecule has 0 aliphatic rings. The van der Waals surface area contributed by atoms with Crippen LogP contribution < -0.4 is 5.32 Å². The molecule has 0 spiro atoms.